The summed E-state index contributed by atoms with van der Waals surface area (Å²) >= 11 is 0. The van der Waals surface area contributed by atoms with Crippen molar-refractivity contribution in [3.63, 3.8) is 0 Å². The normalized spacial score (nSPS) is 12.7. The van der Waals surface area contributed by atoms with E-state index in [1.165, 1.54) is 99.5 Å². The fourth-order valence-electron chi connectivity index (χ4n) is 10.8. The second-order valence-corrected chi connectivity index (χ2v) is 18.3. The van der Waals surface area contributed by atoms with Crippen LogP contribution >= 0.6 is 0 Å². The summed E-state index contributed by atoms with van der Waals surface area (Å²) in [6.07, 6.45) is 0. The zero-order valence-electron chi connectivity index (χ0n) is 37.2. The highest BCUT2D eigenvalue weighted by Crippen LogP contribution is 2.53. The van der Waals surface area contributed by atoms with Gasteiger partial charge in [-0.05, 0) is 88.5 Å². The summed E-state index contributed by atoms with van der Waals surface area (Å²) in [5.74, 6) is 0. The molecule has 0 fully saturated rings. The molecule has 0 bridgehead atoms. The van der Waals surface area contributed by atoms with Crippen molar-refractivity contribution >= 4 is 49.6 Å². The molecule has 2 heteroatoms. The molecule has 10 aromatic carbocycles. The van der Waals surface area contributed by atoms with Gasteiger partial charge in [-0.25, -0.2) is 0 Å². The van der Waals surface area contributed by atoms with Crippen molar-refractivity contribution in [3.05, 3.63) is 241 Å². The lowest BCUT2D eigenvalue weighted by Crippen LogP contribution is -2.17. The molecule has 0 aliphatic heterocycles. The summed E-state index contributed by atoms with van der Waals surface area (Å²) in [4.78, 5) is 2.54. The van der Waals surface area contributed by atoms with Gasteiger partial charge in [0.1, 0.15) is 0 Å². The molecule has 12 rings (SSSR count). The van der Waals surface area contributed by atoms with E-state index in [1.54, 1.807) is 0 Å². The molecule has 11 aromatic rings. The largest absolute Gasteiger partial charge is 0.309 e. The number of hydrogen-bond acceptors (Lipinski definition) is 1. The van der Waals surface area contributed by atoms with Crippen LogP contribution in [-0.4, -0.2) is 4.57 Å². The fraction of sp³-hybridized carbons (Fsp3) is 0.0794. The third-order valence-corrected chi connectivity index (χ3v) is 13.9. The zero-order valence-corrected chi connectivity index (χ0v) is 37.2. The van der Waals surface area contributed by atoms with Crippen molar-refractivity contribution < 1.29 is 0 Å². The van der Waals surface area contributed by atoms with E-state index in [9.17, 15) is 0 Å². The smallest absolute Gasteiger partial charge is 0.0618 e. The van der Waals surface area contributed by atoms with Crippen LogP contribution in [0.2, 0.25) is 0 Å². The topological polar surface area (TPSA) is 8.17 Å². The van der Waals surface area contributed by atoms with Gasteiger partial charge in [-0.3, -0.25) is 0 Å². The van der Waals surface area contributed by atoms with E-state index in [2.05, 4.69) is 256 Å². The lowest BCUT2D eigenvalue weighted by molar-refractivity contribution is 0.660. The Labute approximate surface area is 381 Å². The van der Waals surface area contributed by atoms with Gasteiger partial charge in [0.05, 0.1) is 22.4 Å². The highest BCUT2D eigenvalue weighted by atomic mass is 15.1. The van der Waals surface area contributed by atoms with Gasteiger partial charge in [0.25, 0.3) is 0 Å². The van der Waals surface area contributed by atoms with Gasteiger partial charge in [0, 0.05) is 49.6 Å². The van der Waals surface area contributed by atoms with Crippen LogP contribution in [0, 0.1) is 13.8 Å². The lowest BCUT2D eigenvalue weighted by atomic mass is 9.82. The van der Waals surface area contributed by atoms with E-state index in [4.69, 9.17) is 0 Å². The van der Waals surface area contributed by atoms with Gasteiger partial charge in [-0.15, -0.1) is 0 Å². The third-order valence-electron chi connectivity index (χ3n) is 13.9. The molecule has 0 radical (unpaired) electrons. The first-order valence-corrected chi connectivity index (χ1v) is 22.8. The maximum Gasteiger partial charge on any atom is 0.0618 e. The number of anilines is 3. The van der Waals surface area contributed by atoms with Gasteiger partial charge >= 0.3 is 0 Å². The van der Waals surface area contributed by atoms with E-state index >= 15 is 0 Å². The number of aryl methyl sites for hydroxylation is 2. The van der Waals surface area contributed by atoms with Crippen molar-refractivity contribution in [2.24, 2.45) is 0 Å². The van der Waals surface area contributed by atoms with Crippen LogP contribution in [0.1, 0.15) is 36.1 Å². The Morgan fingerprint density at radius 3 is 1.68 bits per heavy atom. The molecule has 1 aliphatic carbocycles. The first-order valence-electron chi connectivity index (χ1n) is 22.8. The van der Waals surface area contributed by atoms with Gasteiger partial charge < -0.3 is 9.47 Å². The monoisotopic (exact) mass is 832 g/mol. The Hall–Kier alpha value is -7.94. The summed E-state index contributed by atoms with van der Waals surface area (Å²) in [6.45, 7) is 9.12. The molecule has 0 N–H and O–H groups in total. The van der Waals surface area contributed by atoms with E-state index in [0.717, 1.165) is 22.6 Å². The Balaban J connectivity index is 1.19. The van der Waals surface area contributed by atoms with Crippen molar-refractivity contribution in [3.8, 4) is 50.2 Å². The Morgan fingerprint density at radius 1 is 0.369 bits per heavy atom. The summed E-state index contributed by atoms with van der Waals surface area (Å²) in [5.41, 5.74) is 21.7. The second kappa shape index (κ2) is 15.1. The van der Waals surface area contributed by atoms with Gasteiger partial charge in [-0.1, -0.05) is 213 Å². The fourth-order valence-corrected chi connectivity index (χ4v) is 10.8. The van der Waals surface area contributed by atoms with E-state index in [0.29, 0.717) is 0 Å². The number of nitrogens with zero attached hydrogens (tertiary/aromatic N) is 2. The summed E-state index contributed by atoms with van der Waals surface area (Å²) < 4.78 is 2.55. The van der Waals surface area contributed by atoms with Crippen LogP contribution in [-0.2, 0) is 5.41 Å². The first-order chi connectivity index (χ1) is 31.8. The van der Waals surface area contributed by atoms with Crippen molar-refractivity contribution in [2.45, 2.75) is 33.1 Å². The molecule has 1 aromatic heterocycles. The number of fused-ring (bicyclic) bond motifs is 7. The molecule has 2 nitrogen and oxygen atoms in total. The summed E-state index contributed by atoms with van der Waals surface area (Å²) in [7, 11) is 0. The van der Waals surface area contributed by atoms with Crippen LogP contribution in [0.5, 0.6) is 0 Å². The summed E-state index contributed by atoms with van der Waals surface area (Å²) in [6, 6.07) is 81.2. The standard InChI is InChI=1S/C63H48N2/c1-41-17-14-22-45(37-41)50-27-16-28-51(46-23-15-18-42(2)38-46)62(50)65-59-30-13-11-26-55(59)56-36-33-48(40-60(56)65)64(47-32-35-54-53-25-10-12-29-57(53)63(3,4)58(54)39-47)61-49-24-9-8-21-44(49)31-34-52(61)43-19-6-5-7-20-43/h5-40H,1-4H3. The number of hydrogen-bond donors (Lipinski definition) is 0. The summed E-state index contributed by atoms with van der Waals surface area (Å²) in [5, 5.41) is 4.84. The van der Waals surface area contributed by atoms with Crippen molar-refractivity contribution in [2.75, 3.05) is 4.90 Å². The van der Waals surface area contributed by atoms with E-state index in [1.807, 2.05) is 0 Å². The van der Waals surface area contributed by atoms with Crippen LogP contribution in [0.15, 0.2) is 218 Å². The average Bonchev–Trinajstić information content (AvgIpc) is 3.79. The maximum absolute atomic E-state index is 2.55. The van der Waals surface area contributed by atoms with Crippen LogP contribution in [0.25, 0.3) is 82.8 Å². The Kier molecular flexibility index (Phi) is 9.00. The minimum atomic E-state index is -0.170. The molecule has 1 heterocycles. The highest BCUT2D eigenvalue weighted by Gasteiger charge is 2.36. The molecule has 310 valence electrons. The Morgan fingerprint density at radius 2 is 0.923 bits per heavy atom. The minimum absolute atomic E-state index is 0.170. The van der Waals surface area contributed by atoms with Crippen LogP contribution < -0.4 is 4.90 Å². The van der Waals surface area contributed by atoms with Gasteiger partial charge in [-0.2, -0.15) is 0 Å². The van der Waals surface area contributed by atoms with Crippen molar-refractivity contribution in [1.29, 1.82) is 0 Å². The van der Waals surface area contributed by atoms with E-state index < -0.39 is 0 Å². The molecule has 0 unspecified atom stereocenters. The molecular weight excluding hydrogens is 785 g/mol. The second-order valence-electron chi connectivity index (χ2n) is 18.3. The lowest BCUT2D eigenvalue weighted by Gasteiger charge is -2.31. The SMILES string of the molecule is Cc1cccc(-c2cccc(-c3cccc(C)c3)c2-n2c3ccccc3c3ccc(N(c4ccc5c(c4)C(C)(C)c4ccccc4-5)c4c(-c5ccccc5)ccc5ccccc45)cc32)c1. The molecular formula is C63H48N2. The van der Waals surface area contributed by atoms with Crippen LogP contribution in [0.3, 0.4) is 0 Å². The molecule has 1 aliphatic rings. The minimum Gasteiger partial charge on any atom is -0.309 e. The number of para-hydroxylation sites is 2. The van der Waals surface area contributed by atoms with Crippen LogP contribution in [0.4, 0.5) is 17.1 Å². The molecule has 65 heavy (non-hydrogen) atoms. The maximum atomic E-state index is 2.55. The number of benzene rings is 10. The predicted octanol–water partition coefficient (Wildman–Crippen LogP) is 17.3. The predicted molar refractivity (Wildman–Crippen MR) is 276 cm³/mol. The number of aromatic nitrogens is 1. The number of rotatable bonds is 7. The van der Waals surface area contributed by atoms with Gasteiger partial charge in [0.2, 0.25) is 0 Å². The Bertz CT molecular complexity index is 3600. The molecule has 0 atom stereocenters. The molecule has 0 amide bonds. The molecule has 0 saturated carbocycles. The van der Waals surface area contributed by atoms with Gasteiger partial charge in [0.15, 0.2) is 0 Å². The van der Waals surface area contributed by atoms with E-state index in [-0.39, 0.29) is 5.41 Å². The highest BCUT2D eigenvalue weighted by molar-refractivity contribution is 6.13. The average molecular weight is 833 g/mol. The first kappa shape index (κ1) is 38.7. The third kappa shape index (κ3) is 6.24. The van der Waals surface area contributed by atoms with Crippen molar-refractivity contribution in [1.82, 2.24) is 4.57 Å². The molecule has 0 spiro atoms. The molecule has 0 saturated heterocycles. The quantitative estimate of drug-likeness (QED) is 0.155. The zero-order chi connectivity index (χ0) is 43.8.